The molecule has 5 nitrogen and oxygen atoms in total. The van der Waals surface area contributed by atoms with Gasteiger partial charge in [-0.3, -0.25) is 0 Å². The Bertz CT molecular complexity index is 283. The minimum Gasteiger partial charge on any atom is -0.393 e. The fraction of sp³-hybridized carbons (Fsp3) is 0.923. The zero-order valence-corrected chi connectivity index (χ0v) is 11.2. The van der Waals surface area contributed by atoms with Crippen LogP contribution in [0, 0.1) is 11.8 Å². The van der Waals surface area contributed by atoms with Gasteiger partial charge in [-0.2, -0.15) is 0 Å². The van der Waals surface area contributed by atoms with Crippen LogP contribution in [0.3, 0.4) is 0 Å². The summed E-state index contributed by atoms with van der Waals surface area (Å²) >= 11 is 0. The number of carbonyl (C=O) groups is 1. The van der Waals surface area contributed by atoms with Gasteiger partial charge in [0.15, 0.2) is 0 Å². The summed E-state index contributed by atoms with van der Waals surface area (Å²) in [4.78, 5) is 16.0. The van der Waals surface area contributed by atoms with Gasteiger partial charge in [-0.1, -0.05) is 13.8 Å². The zero-order valence-electron chi connectivity index (χ0n) is 11.2. The molecule has 5 heteroatoms. The van der Waals surface area contributed by atoms with Gasteiger partial charge in [0.2, 0.25) is 0 Å². The lowest BCUT2D eigenvalue weighted by molar-refractivity contribution is 0.0195. The lowest BCUT2D eigenvalue weighted by atomic mass is 9.95. The molecule has 0 bridgehead atoms. The molecule has 2 fully saturated rings. The van der Waals surface area contributed by atoms with Gasteiger partial charge in [-0.05, 0) is 24.7 Å². The number of aliphatic hydroxyl groups excluding tert-OH is 2. The third-order valence-corrected chi connectivity index (χ3v) is 4.26. The largest absolute Gasteiger partial charge is 0.393 e. The average Bonchev–Trinajstić information content (AvgIpc) is 2.35. The molecule has 2 saturated heterocycles. The predicted octanol–water partition coefficient (Wildman–Crippen LogP) is 0.512. The summed E-state index contributed by atoms with van der Waals surface area (Å²) in [6.07, 6.45) is 0.769. The molecule has 2 amide bonds. The highest BCUT2D eigenvalue weighted by Crippen LogP contribution is 2.21. The number of piperidine rings is 2. The Morgan fingerprint density at radius 3 is 1.67 bits per heavy atom. The minimum absolute atomic E-state index is 0.0625. The summed E-state index contributed by atoms with van der Waals surface area (Å²) in [5.74, 6) is 0.297. The Hall–Kier alpha value is -0.810. The lowest BCUT2D eigenvalue weighted by Crippen LogP contribution is -2.54. The summed E-state index contributed by atoms with van der Waals surface area (Å²) in [7, 11) is 0. The molecule has 4 unspecified atom stereocenters. The van der Waals surface area contributed by atoms with Crippen LogP contribution >= 0.6 is 0 Å². The molecule has 2 rings (SSSR count). The molecule has 0 aromatic heterocycles. The Labute approximate surface area is 108 Å². The molecule has 2 aliphatic rings. The van der Waals surface area contributed by atoms with Gasteiger partial charge >= 0.3 is 6.03 Å². The average molecular weight is 256 g/mol. The van der Waals surface area contributed by atoms with Crippen LogP contribution in [-0.4, -0.2) is 64.4 Å². The highest BCUT2D eigenvalue weighted by molar-refractivity contribution is 5.74. The molecule has 0 saturated carbocycles. The Balaban J connectivity index is 1.91. The van der Waals surface area contributed by atoms with E-state index in [0.717, 1.165) is 0 Å². The fourth-order valence-corrected chi connectivity index (χ4v) is 2.81. The quantitative estimate of drug-likeness (QED) is 0.664. The summed E-state index contributed by atoms with van der Waals surface area (Å²) < 4.78 is 0. The van der Waals surface area contributed by atoms with E-state index in [4.69, 9.17) is 0 Å². The van der Waals surface area contributed by atoms with E-state index >= 15 is 0 Å². The van der Waals surface area contributed by atoms with Gasteiger partial charge in [-0.25, -0.2) is 4.79 Å². The molecule has 2 heterocycles. The molecular formula is C13H24N2O3. The molecule has 0 spiro atoms. The Morgan fingerprint density at radius 1 is 0.944 bits per heavy atom. The van der Waals surface area contributed by atoms with Crippen molar-refractivity contribution in [2.24, 2.45) is 11.8 Å². The second kappa shape index (κ2) is 5.45. The van der Waals surface area contributed by atoms with Crippen molar-refractivity contribution in [3.63, 3.8) is 0 Å². The van der Waals surface area contributed by atoms with Crippen molar-refractivity contribution in [3.05, 3.63) is 0 Å². The lowest BCUT2D eigenvalue weighted by Gasteiger charge is -2.41. The molecule has 18 heavy (non-hydrogen) atoms. The van der Waals surface area contributed by atoms with Crippen LogP contribution in [0.1, 0.15) is 26.7 Å². The predicted molar refractivity (Wildman–Crippen MR) is 68.1 cm³/mol. The maximum atomic E-state index is 12.3. The van der Waals surface area contributed by atoms with Crippen molar-refractivity contribution in [2.45, 2.75) is 38.9 Å². The van der Waals surface area contributed by atoms with E-state index in [2.05, 4.69) is 0 Å². The van der Waals surface area contributed by atoms with E-state index in [1.54, 1.807) is 0 Å². The van der Waals surface area contributed by atoms with Crippen molar-refractivity contribution >= 4 is 6.03 Å². The standard InChI is InChI=1S/C13H24N2O3/c1-9-7-14(5-3-11(9)16)13(18)15-6-4-12(17)10(2)8-15/h9-12,16-17H,3-8H2,1-2H3. The van der Waals surface area contributed by atoms with E-state index in [1.165, 1.54) is 0 Å². The monoisotopic (exact) mass is 256 g/mol. The van der Waals surface area contributed by atoms with Crippen LogP contribution in [0.4, 0.5) is 4.79 Å². The number of hydrogen-bond donors (Lipinski definition) is 2. The van der Waals surface area contributed by atoms with Crippen LogP contribution in [0.25, 0.3) is 0 Å². The highest BCUT2D eigenvalue weighted by atomic mass is 16.3. The number of rotatable bonds is 0. The van der Waals surface area contributed by atoms with Crippen LogP contribution < -0.4 is 0 Å². The van der Waals surface area contributed by atoms with Crippen LogP contribution in [0.5, 0.6) is 0 Å². The first-order chi connectivity index (χ1) is 8.49. The second-order valence-electron chi connectivity index (χ2n) is 5.84. The van der Waals surface area contributed by atoms with Crippen LogP contribution in [0.15, 0.2) is 0 Å². The fourth-order valence-electron chi connectivity index (χ4n) is 2.81. The first-order valence-corrected chi connectivity index (χ1v) is 6.89. The van der Waals surface area contributed by atoms with Crippen LogP contribution in [-0.2, 0) is 0 Å². The van der Waals surface area contributed by atoms with Gasteiger partial charge in [0.1, 0.15) is 0 Å². The molecule has 0 aromatic rings. The second-order valence-corrected chi connectivity index (χ2v) is 5.84. The number of amides is 2. The Kier molecular flexibility index (Phi) is 4.12. The van der Waals surface area contributed by atoms with Gasteiger partial charge in [0, 0.05) is 26.2 Å². The summed E-state index contributed by atoms with van der Waals surface area (Å²) in [6, 6.07) is 0.0625. The third kappa shape index (κ3) is 2.78. The summed E-state index contributed by atoms with van der Waals surface area (Å²) in [5.41, 5.74) is 0. The van der Waals surface area contributed by atoms with Crippen molar-refractivity contribution in [1.29, 1.82) is 0 Å². The maximum Gasteiger partial charge on any atom is 0.320 e. The van der Waals surface area contributed by atoms with Crippen LogP contribution in [0.2, 0.25) is 0 Å². The maximum absolute atomic E-state index is 12.3. The number of carbonyl (C=O) groups excluding carboxylic acids is 1. The molecule has 0 aromatic carbocycles. The van der Waals surface area contributed by atoms with Crippen molar-refractivity contribution in [3.8, 4) is 0 Å². The van der Waals surface area contributed by atoms with E-state index in [0.29, 0.717) is 39.0 Å². The van der Waals surface area contributed by atoms with Gasteiger partial charge < -0.3 is 20.0 Å². The molecule has 4 atom stereocenters. The first kappa shape index (κ1) is 13.6. The molecule has 2 aliphatic heterocycles. The van der Waals surface area contributed by atoms with E-state index in [9.17, 15) is 15.0 Å². The molecular weight excluding hydrogens is 232 g/mol. The van der Waals surface area contributed by atoms with Gasteiger partial charge in [-0.15, -0.1) is 0 Å². The molecule has 0 radical (unpaired) electrons. The molecule has 2 N–H and O–H groups in total. The summed E-state index contributed by atoms with van der Waals surface area (Å²) in [5, 5.41) is 19.4. The van der Waals surface area contributed by atoms with Crippen molar-refractivity contribution in [1.82, 2.24) is 9.80 Å². The topological polar surface area (TPSA) is 64.0 Å². The van der Waals surface area contributed by atoms with E-state index in [1.807, 2.05) is 23.6 Å². The zero-order chi connectivity index (χ0) is 13.3. The number of likely N-dealkylation sites (tertiary alicyclic amines) is 2. The number of nitrogens with zero attached hydrogens (tertiary/aromatic N) is 2. The van der Waals surface area contributed by atoms with Crippen molar-refractivity contribution < 1.29 is 15.0 Å². The number of aliphatic hydroxyl groups is 2. The van der Waals surface area contributed by atoms with E-state index in [-0.39, 0.29) is 30.1 Å². The smallest absolute Gasteiger partial charge is 0.320 e. The van der Waals surface area contributed by atoms with Gasteiger partial charge in [0.05, 0.1) is 12.2 Å². The minimum atomic E-state index is -0.281. The molecule has 104 valence electrons. The SMILES string of the molecule is CC1CN(C(=O)N2CCC(O)C(C)C2)CCC1O. The van der Waals surface area contributed by atoms with Gasteiger partial charge in [0.25, 0.3) is 0 Å². The van der Waals surface area contributed by atoms with E-state index < -0.39 is 0 Å². The first-order valence-electron chi connectivity index (χ1n) is 6.89. The molecule has 0 aliphatic carbocycles. The summed E-state index contributed by atoms with van der Waals surface area (Å²) in [6.45, 7) is 6.50. The van der Waals surface area contributed by atoms with Crippen molar-refractivity contribution in [2.75, 3.05) is 26.2 Å². The Morgan fingerprint density at radius 2 is 1.33 bits per heavy atom. The normalized spacial score (nSPS) is 37.8. The third-order valence-electron chi connectivity index (χ3n) is 4.26. The number of hydrogen-bond acceptors (Lipinski definition) is 3. The number of urea groups is 1. The highest BCUT2D eigenvalue weighted by Gasteiger charge is 2.33.